The first-order chi connectivity index (χ1) is 9.61. The Bertz CT molecular complexity index is 457. The smallest absolute Gasteiger partial charge is 0 e. The second kappa shape index (κ2) is 9.36. The van der Waals surface area contributed by atoms with Crippen LogP contribution < -0.4 is 0 Å². The van der Waals surface area contributed by atoms with E-state index in [1.165, 1.54) is 29.5 Å². The van der Waals surface area contributed by atoms with Gasteiger partial charge in [-0.05, 0) is 43.2 Å². The molecule has 0 saturated carbocycles. The second-order valence-electron chi connectivity index (χ2n) is 5.76. The molecule has 0 spiro atoms. The maximum atomic E-state index is 2.28. The highest BCUT2D eigenvalue weighted by atomic mass is 14.0. The van der Waals surface area contributed by atoms with Crippen molar-refractivity contribution in [3.63, 3.8) is 0 Å². The van der Waals surface area contributed by atoms with E-state index in [4.69, 9.17) is 0 Å². The Balaban J connectivity index is 0.000000425. The molecule has 0 saturated heterocycles. The van der Waals surface area contributed by atoms with Gasteiger partial charge >= 0.3 is 0 Å². The first-order valence-electron chi connectivity index (χ1n) is 7.71. The van der Waals surface area contributed by atoms with Gasteiger partial charge in [0.25, 0.3) is 0 Å². The van der Waals surface area contributed by atoms with Crippen LogP contribution in [0.5, 0.6) is 0 Å². The van der Waals surface area contributed by atoms with Gasteiger partial charge in [-0.2, -0.15) is 0 Å². The zero-order valence-corrected chi connectivity index (χ0v) is 13.4. The van der Waals surface area contributed by atoms with Crippen molar-refractivity contribution >= 4 is 0 Å². The predicted molar refractivity (Wildman–Crippen MR) is 92.3 cm³/mol. The molecule has 0 unspecified atom stereocenters. The van der Waals surface area contributed by atoms with E-state index in [1.54, 1.807) is 0 Å². The minimum absolute atomic E-state index is 0. The van der Waals surface area contributed by atoms with Gasteiger partial charge in [-0.1, -0.05) is 80.9 Å². The summed E-state index contributed by atoms with van der Waals surface area (Å²) in [5, 5.41) is 0. The highest BCUT2D eigenvalue weighted by Gasteiger charge is 1.96. The van der Waals surface area contributed by atoms with E-state index in [0.717, 1.165) is 12.3 Å². The quantitative estimate of drug-likeness (QED) is 0.631. The lowest BCUT2D eigenvalue weighted by Crippen LogP contribution is -1.92. The van der Waals surface area contributed by atoms with E-state index in [1.807, 2.05) is 18.2 Å². The molecule has 0 aliphatic carbocycles. The van der Waals surface area contributed by atoms with Crippen molar-refractivity contribution in [2.24, 2.45) is 5.92 Å². The Labute approximate surface area is 126 Å². The average Bonchev–Trinajstić information content (AvgIpc) is 2.47. The second-order valence-corrected chi connectivity index (χ2v) is 5.76. The monoisotopic (exact) mass is 270 g/mol. The summed E-state index contributed by atoms with van der Waals surface area (Å²) in [7, 11) is 0. The maximum absolute atomic E-state index is 2.28. The fourth-order valence-electron chi connectivity index (χ4n) is 1.93. The van der Waals surface area contributed by atoms with Gasteiger partial charge in [0.2, 0.25) is 0 Å². The Morgan fingerprint density at radius 1 is 0.850 bits per heavy atom. The number of benzene rings is 2. The standard InChI is InChI=1S/C13H20.C7H8.H2/c1-4-12-7-9-13(10-8-12)6-5-11(2)3;1-7-5-3-2-4-6-7;/h7-11H,4-6H2,1-3H3;2-6H,1H3;1H. The summed E-state index contributed by atoms with van der Waals surface area (Å²) in [5.41, 5.74) is 4.24. The zero-order valence-electron chi connectivity index (χ0n) is 13.4. The van der Waals surface area contributed by atoms with Crippen molar-refractivity contribution in [3.8, 4) is 0 Å². The summed E-state index contributed by atoms with van der Waals surface area (Å²) in [6, 6.07) is 19.3. The lowest BCUT2D eigenvalue weighted by atomic mass is 10.0. The molecule has 2 rings (SSSR count). The molecule has 0 fully saturated rings. The molecule has 0 nitrogen and oxygen atoms in total. The van der Waals surface area contributed by atoms with Crippen LogP contribution in [0.15, 0.2) is 54.6 Å². The van der Waals surface area contributed by atoms with Crippen LogP contribution in [-0.4, -0.2) is 0 Å². The van der Waals surface area contributed by atoms with Gasteiger partial charge in [0.05, 0.1) is 0 Å². The Hall–Kier alpha value is -1.56. The molecule has 0 N–H and O–H groups in total. The Kier molecular flexibility index (Phi) is 7.72. The van der Waals surface area contributed by atoms with Crippen LogP contribution in [0.3, 0.4) is 0 Å². The number of rotatable bonds is 4. The molecular formula is C20H30. The van der Waals surface area contributed by atoms with Crippen LogP contribution >= 0.6 is 0 Å². The third-order valence-corrected chi connectivity index (χ3v) is 3.38. The van der Waals surface area contributed by atoms with Crippen molar-refractivity contribution < 1.29 is 1.43 Å². The molecule has 20 heavy (non-hydrogen) atoms. The van der Waals surface area contributed by atoms with Crippen LogP contribution in [-0.2, 0) is 12.8 Å². The van der Waals surface area contributed by atoms with Crippen molar-refractivity contribution in [2.45, 2.75) is 47.0 Å². The number of aryl methyl sites for hydroxylation is 3. The molecule has 0 aliphatic heterocycles. The molecule has 110 valence electrons. The topological polar surface area (TPSA) is 0 Å². The lowest BCUT2D eigenvalue weighted by Gasteiger charge is -2.05. The maximum Gasteiger partial charge on any atom is 0 e. The van der Waals surface area contributed by atoms with E-state index in [-0.39, 0.29) is 1.43 Å². The molecule has 0 aromatic heterocycles. The minimum Gasteiger partial charge on any atom is -0.0628 e. The van der Waals surface area contributed by atoms with Crippen LogP contribution in [0, 0.1) is 12.8 Å². The van der Waals surface area contributed by atoms with Gasteiger partial charge in [0.15, 0.2) is 0 Å². The third kappa shape index (κ3) is 7.13. The Morgan fingerprint density at radius 2 is 1.40 bits per heavy atom. The fourth-order valence-corrected chi connectivity index (χ4v) is 1.93. The molecular weight excluding hydrogens is 240 g/mol. The van der Waals surface area contributed by atoms with Crippen LogP contribution in [0.1, 0.15) is 45.3 Å². The van der Waals surface area contributed by atoms with Crippen LogP contribution in [0.2, 0.25) is 0 Å². The largest absolute Gasteiger partial charge is 0.0628 e. The minimum atomic E-state index is 0. The predicted octanol–water partition coefficient (Wildman–Crippen LogP) is 6.08. The van der Waals surface area contributed by atoms with E-state index >= 15 is 0 Å². The number of hydrogen-bond acceptors (Lipinski definition) is 0. The lowest BCUT2D eigenvalue weighted by molar-refractivity contribution is 0.586. The van der Waals surface area contributed by atoms with E-state index < -0.39 is 0 Å². The summed E-state index contributed by atoms with van der Waals surface area (Å²) >= 11 is 0. The van der Waals surface area contributed by atoms with Gasteiger partial charge in [-0.25, -0.2) is 0 Å². The molecule has 0 radical (unpaired) electrons. The molecule has 0 amide bonds. The van der Waals surface area contributed by atoms with Crippen molar-refractivity contribution in [1.29, 1.82) is 0 Å². The summed E-state index contributed by atoms with van der Waals surface area (Å²) in [5.74, 6) is 0.811. The van der Waals surface area contributed by atoms with E-state index in [9.17, 15) is 0 Å². The van der Waals surface area contributed by atoms with Crippen molar-refractivity contribution in [2.75, 3.05) is 0 Å². The number of hydrogen-bond donors (Lipinski definition) is 0. The highest BCUT2D eigenvalue weighted by Crippen LogP contribution is 2.10. The molecule has 0 atom stereocenters. The van der Waals surface area contributed by atoms with Gasteiger partial charge < -0.3 is 0 Å². The van der Waals surface area contributed by atoms with E-state index in [0.29, 0.717) is 0 Å². The first kappa shape index (κ1) is 16.5. The van der Waals surface area contributed by atoms with Gasteiger partial charge in [-0.3, -0.25) is 0 Å². The first-order valence-corrected chi connectivity index (χ1v) is 7.71. The van der Waals surface area contributed by atoms with Crippen LogP contribution in [0.25, 0.3) is 0 Å². The zero-order chi connectivity index (χ0) is 14.8. The van der Waals surface area contributed by atoms with Gasteiger partial charge in [-0.15, -0.1) is 0 Å². The van der Waals surface area contributed by atoms with Crippen molar-refractivity contribution in [1.82, 2.24) is 0 Å². The highest BCUT2D eigenvalue weighted by molar-refractivity contribution is 5.22. The third-order valence-electron chi connectivity index (χ3n) is 3.38. The molecule has 0 bridgehead atoms. The normalized spacial score (nSPS) is 10.1. The van der Waals surface area contributed by atoms with Crippen molar-refractivity contribution in [3.05, 3.63) is 71.3 Å². The fraction of sp³-hybridized carbons (Fsp3) is 0.400. The van der Waals surface area contributed by atoms with E-state index in [2.05, 4.69) is 64.1 Å². The average molecular weight is 270 g/mol. The molecule has 2 aromatic rings. The van der Waals surface area contributed by atoms with Gasteiger partial charge in [0, 0.05) is 1.43 Å². The molecule has 2 aromatic carbocycles. The molecule has 0 heteroatoms. The summed E-state index contributed by atoms with van der Waals surface area (Å²) in [4.78, 5) is 0. The summed E-state index contributed by atoms with van der Waals surface area (Å²) in [6.45, 7) is 8.84. The SMILES string of the molecule is CCc1ccc(CCC(C)C)cc1.Cc1ccccc1.[HH]. The molecule has 0 heterocycles. The Morgan fingerprint density at radius 3 is 1.80 bits per heavy atom. The summed E-state index contributed by atoms with van der Waals surface area (Å²) in [6.07, 6.45) is 3.66. The van der Waals surface area contributed by atoms with Gasteiger partial charge in [0.1, 0.15) is 0 Å². The summed E-state index contributed by atoms with van der Waals surface area (Å²) < 4.78 is 0. The molecule has 0 aliphatic rings. The van der Waals surface area contributed by atoms with Crippen LogP contribution in [0.4, 0.5) is 0 Å².